The summed E-state index contributed by atoms with van der Waals surface area (Å²) in [6.45, 7) is 3.63. The van der Waals surface area contributed by atoms with Gasteiger partial charge >= 0.3 is 0 Å². The molecule has 174 valence electrons. The molecule has 1 atom stereocenters. The number of benzene rings is 3. The predicted octanol–water partition coefficient (Wildman–Crippen LogP) is 4.91. The molecule has 2 heterocycles. The summed E-state index contributed by atoms with van der Waals surface area (Å²) in [5.74, 6) is -0.0530. The first kappa shape index (κ1) is 22.0. The van der Waals surface area contributed by atoms with Crippen LogP contribution in [0.5, 0.6) is 5.75 Å². The number of sulfonamides is 1. The Morgan fingerprint density at radius 3 is 2.74 bits per heavy atom. The zero-order chi connectivity index (χ0) is 24.0. The van der Waals surface area contributed by atoms with E-state index >= 15 is 0 Å². The van der Waals surface area contributed by atoms with Crippen LogP contribution in [0.15, 0.2) is 71.6 Å². The van der Waals surface area contributed by atoms with E-state index in [0.29, 0.717) is 23.7 Å². The molecule has 3 aromatic carbocycles. The lowest BCUT2D eigenvalue weighted by Crippen LogP contribution is -2.41. The van der Waals surface area contributed by atoms with E-state index in [1.54, 1.807) is 30.3 Å². The highest BCUT2D eigenvalue weighted by molar-refractivity contribution is 7.92. The maximum absolute atomic E-state index is 13.5. The fourth-order valence-electron chi connectivity index (χ4n) is 4.11. The number of halogens is 1. The molecule has 0 aliphatic carbocycles. The third-order valence-electron chi connectivity index (χ3n) is 5.69. The van der Waals surface area contributed by atoms with Crippen molar-refractivity contribution in [2.45, 2.75) is 24.8 Å². The Morgan fingerprint density at radius 2 is 1.94 bits per heavy atom. The van der Waals surface area contributed by atoms with Gasteiger partial charge in [-0.2, -0.15) is 0 Å². The Bertz CT molecular complexity index is 1530. The smallest absolute Gasteiger partial charge is 0.261 e. The molecule has 2 N–H and O–H groups in total. The first-order valence-electron chi connectivity index (χ1n) is 10.7. The Morgan fingerprint density at radius 1 is 1.12 bits per heavy atom. The monoisotopic (exact) mass is 479 g/mol. The predicted molar refractivity (Wildman–Crippen MR) is 129 cm³/mol. The maximum atomic E-state index is 13.5. The Hall–Kier alpha value is -3.85. The quantitative estimate of drug-likeness (QED) is 0.435. The molecule has 1 aliphatic rings. The van der Waals surface area contributed by atoms with Gasteiger partial charge in [-0.15, -0.1) is 0 Å². The lowest BCUT2D eigenvalue weighted by molar-refractivity contribution is -0.117. The molecule has 0 saturated heterocycles. The molecule has 1 aliphatic heterocycles. The number of H-pyrrole nitrogens is 1. The highest BCUT2D eigenvalue weighted by Gasteiger charge is 2.28. The van der Waals surface area contributed by atoms with Crippen LogP contribution in [-0.2, 0) is 14.8 Å². The van der Waals surface area contributed by atoms with E-state index < -0.39 is 10.0 Å². The highest BCUT2D eigenvalue weighted by atomic mass is 32.2. The van der Waals surface area contributed by atoms with Crippen molar-refractivity contribution in [3.05, 3.63) is 72.5 Å². The molecule has 0 radical (unpaired) electrons. The number of nitrogens with one attached hydrogen (secondary N) is 2. The lowest BCUT2D eigenvalue weighted by Gasteiger charge is -2.33. The summed E-state index contributed by atoms with van der Waals surface area (Å²) in [6, 6.07) is 17.7. The van der Waals surface area contributed by atoms with Gasteiger partial charge in [-0.25, -0.2) is 12.8 Å². The number of fused-ring (bicyclic) bond motifs is 2. The maximum Gasteiger partial charge on any atom is 0.261 e. The molecular formula is C25H22FN3O4S. The molecule has 9 heteroatoms. The Kier molecular flexibility index (Phi) is 5.28. The molecule has 0 fully saturated rings. The number of rotatable bonds is 4. The van der Waals surface area contributed by atoms with Gasteiger partial charge in [0.05, 0.1) is 17.1 Å². The van der Waals surface area contributed by atoms with E-state index in [4.69, 9.17) is 4.74 Å². The summed E-state index contributed by atoms with van der Waals surface area (Å²) >= 11 is 0. The minimum atomic E-state index is -3.94. The number of aromatic nitrogens is 1. The minimum absolute atomic E-state index is 0.0159. The number of aromatic amines is 1. The van der Waals surface area contributed by atoms with Gasteiger partial charge < -0.3 is 14.6 Å². The summed E-state index contributed by atoms with van der Waals surface area (Å²) < 4.78 is 48.2. The number of ether oxygens (including phenoxy) is 1. The molecule has 1 amide bonds. The fraction of sp³-hybridized carbons (Fsp3) is 0.160. The number of amides is 1. The largest absolute Gasteiger partial charge is 0.487 e. The Balaban J connectivity index is 1.45. The van der Waals surface area contributed by atoms with Gasteiger partial charge in [0.2, 0.25) is 5.91 Å². The molecule has 1 aromatic heterocycles. The standard InChI is InChI=1S/C25H22FN3O4S/c1-15-14-29(16(2)30)24-13-21(7-9-25(24)33-15)34(31,32)28-20-5-3-4-17(11-20)23-12-18-10-19(26)6-8-22(18)27-23/h3-13,15,27-28H,14H2,1-2H3/t15-/m1/s1. The lowest BCUT2D eigenvalue weighted by atomic mass is 10.1. The van der Waals surface area contributed by atoms with Crippen LogP contribution < -0.4 is 14.4 Å². The van der Waals surface area contributed by atoms with E-state index in [-0.39, 0.29) is 22.7 Å². The normalized spacial score (nSPS) is 15.6. The second-order valence-electron chi connectivity index (χ2n) is 8.29. The first-order chi connectivity index (χ1) is 16.2. The summed E-state index contributed by atoms with van der Waals surface area (Å²) in [4.78, 5) is 16.8. The molecule has 34 heavy (non-hydrogen) atoms. The van der Waals surface area contributed by atoms with E-state index in [0.717, 1.165) is 22.2 Å². The van der Waals surface area contributed by atoms with Crippen molar-refractivity contribution in [2.24, 2.45) is 0 Å². The van der Waals surface area contributed by atoms with Crippen LogP contribution in [0, 0.1) is 5.82 Å². The number of carbonyl (C=O) groups excluding carboxylic acids is 1. The third-order valence-corrected chi connectivity index (χ3v) is 7.07. The average molecular weight is 480 g/mol. The van der Waals surface area contributed by atoms with Gasteiger partial charge in [0.25, 0.3) is 10.0 Å². The minimum Gasteiger partial charge on any atom is -0.487 e. The van der Waals surface area contributed by atoms with E-state index in [2.05, 4.69) is 9.71 Å². The second kappa shape index (κ2) is 8.18. The summed E-state index contributed by atoms with van der Waals surface area (Å²) in [6.07, 6.45) is -0.194. The highest BCUT2D eigenvalue weighted by Crippen LogP contribution is 2.36. The zero-order valence-corrected chi connectivity index (χ0v) is 19.3. The molecule has 0 bridgehead atoms. The van der Waals surface area contributed by atoms with E-state index in [1.165, 1.54) is 36.1 Å². The van der Waals surface area contributed by atoms with E-state index in [1.807, 2.05) is 19.1 Å². The van der Waals surface area contributed by atoms with Crippen molar-refractivity contribution in [1.82, 2.24) is 4.98 Å². The third kappa shape index (κ3) is 4.10. The first-order valence-corrected chi connectivity index (χ1v) is 12.2. The number of anilines is 2. The zero-order valence-electron chi connectivity index (χ0n) is 18.5. The summed E-state index contributed by atoms with van der Waals surface area (Å²) in [5, 5.41) is 0.724. The van der Waals surface area contributed by atoms with Crippen molar-refractivity contribution >= 4 is 38.2 Å². The average Bonchev–Trinajstić information content (AvgIpc) is 3.21. The van der Waals surface area contributed by atoms with Gasteiger partial charge in [-0.3, -0.25) is 9.52 Å². The van der Waals surface area contributed by atoms with Gasteiger partial charge in [-0.05, 0) is 61.5 Å². The molecule has 0 saturated carbocycles. The van der Waals surface area contributed by atoms with Crippen molar-refractivity contribution < 1.29 is 22.3 Å². The molecular weight excluding hydrogens is 457 g/mol. The summed E-state index contributed by atoms with van der Waals surface area (Å²) in [5.41, 5.74) is 3.05. The van der Waals surface area contributed by atoms with Crippen LogP contribution in [0.2, 0.25) is 0 Å². The molecule has 0 unspecified atom stereocenters. The van der Waals surface area contributed by atoms with Gasteiger partial charge in [-0.1, -0.05) is 12.1 Å². The SMILES string of the molecule is CC(=O)N1C[C@@H](C)Oc2ccc(S(=O)(=O)Nc3cccc(-c4cc5cc(F)ccc5[nH]4)c3)cc21. The number of hydrogen-bond donors (Lipinski definition) is 2. The molecule has 5 rings (SSSR count). The van der Waals surface area contributed by atoms with Crippen molar-refractivity contribution in [1.29, 1.82) is 0 Å². The number of hydrogen-bond acceptors (Lipinski definition) is 4. The molecule has 7 nitrogen and oxygen atoms in total. The van der Waals surface area contributed by atoms with Crippen molar-refractivity contribution in [2.75, 3.05) is 16.2 Å². The second-order valence-corrected chi connectivity index (χ2v) is 9.97. The van der Waals surface area contributed by atoms with Crippen molar-refractivity contribution in [3.63, 3.8) is 0 Å². The molecule has 4 aromatic rings. The van der Waals surface area contributed by atoms with Crippen molar-refractivity contribution in [3.8, 4) is 17.0 Å². The fourth-order valence-corrected chi connectivity index (χ4v) is 5.17. The van der Waals surface area contributed by atoms with E-state index in [9.17, 15) is 17.6 Å². The van der Waals surface area contributed by atoms with Crippen LogP contribution in [0.4, 0.5) is 15.8 Å². The topological polar surface area (TPSA) is 91.5 Å². The van der Waals surface area contributed by atoms with Gasteiger partial charge in [0.15, 0.2) is 0 Å². The van der Waals surface area contributed by atoms with Crippen LogP contribution in [0.1, 0.15) is 13.8 Å². The van der Waals surface area contributed by atoms with Crippen LogP contribution in [0.3, 0.4) is 0 Å². The van der Waals surface area contributed by atoms with Gasteiger partial charge in [0, 0.05) is 34.8 Å². The van der Waals surface area contributed by atoms with Crippen LogP contribution in [0.25, 0.3) is 22.2 Å². The number of carbonyl (C=O) groups is 1. The van der Waals surface area contributed by atoms with Crippen LogP contribution in [-0.4, -0.2) is 32.0 Å². The number of nitrogens with zero attached hydrogens (tertiary/aromatic N) is 1. The van der Waals surface area contributed by atoms with Gasteiger partial charge in [0.1, 0.15) is 17.7 Å². The molecule has 0 spiro atoms. The summed E-state index contributed by atoms with van der Waals surface area (Å²) in [7, 11) is -3.94. The van der Waals surface area contributed by atoms with Crippen LogP contribution >= 0.6 is 0 Å². The Labute approximate surface area is 196 Å².